The van der Waals surface area contributed by atoms with Crippen LogP contribution >= 0.6 is 0 Å². The zero-order valence-electron chi connectivity index (χ0n) is 20.4. The molecular weight excluding hydrogens is 373 g/mol. The molecule has 0 aromatic rings. The van der Waals surface area contributed by atoms with Crippen LogP contribution in [-0.4, -0.2) is 13.3 Å². The van der Waals surface area contributed by atoms with E-state index in [1.54, 1.807) is 0 Å². The van der Waals surface area contributed by atoms with E-state index in [1.165, 1.54) is 38.5 Å². The molecule has 0 aromatic heterocycles. The molecule has 0 N–H and O–H groups in total. The van der Waals surface area contributed by atoms with Crippen molar-refractivity contribution in [1.82, 2.24) is 0 Å². The molecule has 2 aliphatic carbocycles. The first-order chi connectivity index (χ1) is 11.3. The molecule has 2 rings (SSSR count). The van der Waals surface area contributed by atoms with E-state index >= 15 is 0 Å². The van der Waals surface area contributed by atoms with Gasteiger partial charge in [0.05, 0.1) is 0 Å². The van der Waals surface area contributed by atoms with Crippen LogP contribution in [0.25, 0.3) is 0 Å². The summed E-state index contributed by atoms with van der Waals surface area (Å²) >= 11 is -2.17. The van der Waals surface area contributed by atoms with Crippen LogP contribution in [0.2, 0.25) is 19.5 Å². The summed E-state index contributed by atoms with van der Waals surface area (Å²) in [6.07, 6.45) is 8.76. The van der Waals surface area contributed by atoms with E-state index in [-0.39, 0.29) is 0 Å². The zero-order chi connectivity index (χ0) is 20.4. The number of hydrogen-bond donors (Lipinski definition) is 0. The van der Waals surface area contributed by atoms with Crippen LogP contribution in [0.1, 0.15) is 115 Å². The summed E-state index contributed by atoms with van der Waals surface area (Å²) < 4.78 is 2.56. The first-order valence-corrected chi connectivity index (χ1v) is 16.9. The van der Waals surface area contributed by atoms with E-state index in [9.17, 15) is 0 Å². The van der Waals surface area contributed by atoms with Gasteiger partial charge in [0.25, 0.3) is 0 Å². The average Bonchev–Trinajstić information content (AvgIpc) is 2.28. The molecule has 2 saturated carbocycles. The Kier molecular flexibility index (Phi) is 5.73. The SMILES string of the molecule is CC1(C)C[CH]([Ge]([CH3])([CH]2CC(C)(C)CC(C)(C)C2)[C](C)(C)C)CC(C)(C)C1. The van der Waals surface area contributed by atoms with Gasteiger partial charge in [0.2, 0.25) is 0 Å². The quantitative estimate of drug-likeness (QED) is 0.389. The minimum absolute atomic E-state index is 0.518. The van der Waals surface area contributed by atoms with Crippen LogP contribution in [0, 0.1) is 21.7 Å². The van der Waals surface area contributed by atoms with E-state index < -0.39 is 13.3 Å². The summed E-state index contributed by atoms with van der Waals surface area (Å²) in [5, 5.41) is 0. The Balaban J connectivity index is 2.49. The van der Waals surface area contributed by atoms with E-state index in [0.29, 0.717) is 25.9 Å². The van der Waals surface area contributed by atoms with Crippen LogP contribution < -0.4 is 0 Å². The molecule has 0 aliphatic heterocycles. The maximum absolute atomic E-state index is 2.88. The molecule has 2 fully saturated rings. The Morgan fingerprint density at radius 1 is 0.577 bits per heavy atom. The second kappa shape index (κ2) is 6.53. The molecule has 0 atom stereocenters. The second-order valence-corrected chi connectivity index (χ2v) is 26.7. The van der Waals surface area contributed by atoms with Crippen LogP contribution in [0.4, 0.5) is 0 Å². The van der Waals surface area contributed by atoms with Crippen molar-refractivity contribution in [2.75, 3.05) is 0 Å². The van der Waals surface area contributed by atoms with Gasteiger partial charge in [-0.3, -0.25) is 0 Å². The average molecular weight is 423 g/mol. The van der Waals surface area contributed by atoms with E-state index in [4.69, 9.17) is 0 Å². The van der Waals surface area contributed by atoms with Crippen molar-refractivity contribution < 1.29 is 0 Å². The zero-order valence-corrected chi connectivity index (χ0v) is 22.5. The summed E-state index contributed by atoms with van der Waals surface area (Å²) in [6.45, 7) is 28.3. The third kappa shape index (κ3) is 4.75. The molecule has 0 saturated heterocycles. The van der Waals surface area contributed by atoms with Gasteiger partial charge >= 0.3 is 169 Å². The van der Waals surface area contributed by atoms with Crippen molar-refractivity contribution in [3.05, 3.63) is 0 Å². The molecule has 26 heavy (non-hydrogen) atoms. The van der Waals surface area contributed by atoms with Crippen LogP contribution in [-0.2, 0) is 0 Å². The van der Waals surface area contributed by atoms with E-state index in [2.05, 4.69) is 81.9 Å². The van der Waals surface area contributed by atoms with Crippen molar-refractivity contribution in [1.29, 1.82) is 0 Å². The number of hydrogen-bond acceptors (Lipinski definition) is 0. The molecule has 0 amide bonds. The van der Waals surface area contributed by atoms with Gasteiger partial charge in [-0.2, -0.15) is 0 Å². The Morgan fingerprint density at radius 3 is 1.00 bits per heavy atom. The molecule has 1 heteroatoms. The third-order valence-electron chi connectivity index (χ3n) is 8.42. The van der Waals surface area contributed by atoms with Crippen LogP contribution in [0.3, 0.4) is 0 Å². The predicted molar refractivity (Wildman–Crippen MR) is 122 cm³/mol. The molecule has 0 radical (unpaired) electrons. The summed E-state index contributed by atoms with van der Waals surface area (Å²) in [5.74, 6) is 2.88. The molecule has 0 heterocycles. The number of rotatable bonds is 2. The molecule has 0 spiro atoms. The summed E-state index contributed by atoms with van der Waals surface area (Å²) in [4.78, 5) is 0. The predicted octanol–water partition coefficient (Wildman–Crippen LogP) is 9.08. The van der Waals surface area contributed by atoms with Crippen molar-refractivity contribution in [3.8, 4) is 0 Å². The second-order valence-electron chi connectivity index (χ2n) is 14.8. The molecule has 0 bridgehead atoms. The van der Waals surface area contributed by atoms with Gasteiger partial charge in [-0.1, -0.05) is 0 Å². The van der Waals surface area contributed by atoms with Gasteiger partial charge < -0.3 is 0 Å². The molecule has 0 aromatic carbocycles. The molecule has 0 nitrogen and oxygen atoms in total. The van der Waals surface area contributed by atoms with Gasteiger partial charge in [-0.15, -0.1) is 0 Å². The van der Waals surface area contributed by atoms with Gasteiger partial charge in [-0.05, 0) is 0 Å². The Labute approximate surface area is 169 Å². The molecular formula is C25H50Ge. The van der Waals surface area contributed by atoms with Crippen molar-refractivity contribution >= 4 is 13.3 Å². The first-order valence-electron chi connectivity index (χ1n) is 11.3. The van der Waals surface area contributed by atoms with Crippen molar-refractivity contribution in [3.63, 3.8) is 0 Å². The fraction of sp³-hybridized carbons (Fsp3) is 1.00. The summed E-state index contributed by atoms with van der Waals surface area (Å²) in [7, 11) is 0. The third-order valence-corrected chi connectivity index (χ3v) is 24.0. The topological polar surface area (TPSA) is 0 Å². The Bertz CT molecular complexity index is 445. The van der Waals surface area contributed by atoms with Gasteiger partial charge in [0, 0.05) is 0 Å². The molecule has 2 aliphatic rings. The normalized spacial score (nSPS) is 29.5. The maximum atomic E-state index is 2.88. The summed E-state index contributed by atoms with van der Waals surface area (Å²) in [5.41, 5.74) is 2.07. The van der Waals surface area contributed by atoms with Crippen LogP contribution in [0.15, 0.2) is 0 Å². The van der Waals surface area contributed by atoms with Crippen molar-refractivity contribution in [2.45, 2.75) is 134 Å². The van der Waals surface area contributed by atoms with Gasteiger partial charge in [0.1, 0.15) is 0 Å². The fourth-order valence-corrected chi connectivity index (χ4v) is 22.8. The molecule has 0 unspecified atom stereocenters. The van der Waals surface area contributed by atoms with E-state index in [0.717, 1.165) is 9.50 Å². The minimum atomic E-state index is -2.17. The van der Waals surface area contributed by atoms with Crippen LogP contribution in [0.5, 0.6) is 0 Å². The Morgan fingerprint density at radius 2 is 0.808 bits per heavy atom. The standard InChI is InChI=1S/C25H50Ge/c1-21(2,3)26(12,19-13-22(4,5)17-23(6,7)14-19)20-15-24(8,9)18-25(10,11)16-20/h19-20H,13-18H2,1-12H3. The van der Waals surface area contributed by atoms with E-state index in [1.807, 2.05) is 0 Å². The summed E-state index contributed by atoms with van der Waals surface area (Å²) in [6, 6.07) is 0. The van der Waals surface area contributed by atoms with Crippen molar-refractivity contribution in [2.24, 2.45) is 21.7 Å². The Hall–Kier alpha value is 0.543. The monoisotopic (exact) mass is 424 g/mol. The molecule has 154 valence electrons. The first kappa shape index (κ1) is 22.8. The van der Waals surface area contributed by atoms with Gasteiger partial charge in [-0.25, -0.2) is 0 Å². The van der Waals surface area contributed by atoms with Gasteiger partial charge in [0.15, 0.2) is 0 Å². The fourth-order valence-electron chi connectivity index (χ4n) is 8.10.